The van der Waals surface area contributed by atoms with Crippen LogP contribution in [0.1, 0.15) is 68.6 Å². The second-order valence-corrected chi connectivity index (χ2v) is 12.0. The molecule has 0 bridgehead atoms. The first-order chi connectivity index (χ1) is 19.3. The zero-order valence-corrected chi connectivity index (χ0v) is 23.9. The molecule has 3 aliphatic rings. The lowest BCUT2D eigenvalue weighted by atomic mass is 9.86. The number of carbonyl (C=O) groups excluding carboxylic acids is 5. The maximum atomic E-state index is 13.5. The molecule has 2 saturated carbocycles. The molecule has 224 valence electrons. The smallest absolute Gasteiger partial charge is 0.321 e. The molecule has 3 fully saturated rings. The van der Waals surface area contributed by atoms with Crippen LogP contribution in [-0.2, 0) is 14.4 Å². The molecular formula is C28H36ClF2N5O5. The first kappa shape index (κ1) is 30.7. The number of hydrogen-bond donors (Lipinski definition) is 4. The van der Waals surface area contributed by atoms with Gasteiger partial charge in [-0.1, -0.05) is 11.6 Å². The van der Waals surface area contributed by atoms with Crippen molar-refractivity contribution in [3.63, 3.8) is 0 Å². The Bertz CT molecular complexity index is 1200. The van der Waals surface area contributed by atoms with E-state index in [0.29, 0.717) is 19.3 Å². The SMILES string of the molecule is C[C@@H]1C[C@@H](CC(NC(=O)c2cc(Cl)ccc2NC(=O)N(C)CC2CCC(F)(F)CC2)C(=O)C(=O)NC2CC2)C(=O)N1. The Hall–Kier alpha value is -3.28. The Morgan fingerprint density at radius 1 is 1.15 bits per heavy atom. The lowest BCUT2D eigenvalue weighted by Crippen LogP contribution is -2.49. The van der Waals surface area contributed by atoms with E-state index < -0.39 is 41.5 Å². The number of amides is 5. The van der Waals surface area contributed by atoms with Crippen molar-refractivity contribution in [1.82, 2.24) is 20.9 Å². The topological polar surface area (TPSA) is 137 Å². The predicted octanol–water partition coefficient (Wildman–Crippen LogP) is 3.49. The highest BCUT2D eigenvalue weighted by Crippen LogP contribution is 2.36. The standard InChI is InChI=1S/C28H36ClF2N5O5/c1-15-11-17(24(38)32-15)12-22(23(37)26(40)33-19-4-5-19)34-25(39)20-13-18(29)3-6-21(20)35-27(41)36(2)14-16-7-9-28(30,31)10-8-16/h3,6,13,15-17,19,22H,4-5,7-12,14H2,1-2H3,(H,32,38)(H,33,40)(H,34,39)(H,35,41)/t15-,17+,22?/m1/s1. The van der Waals surface area contributed by atoms with Gasteiger partial charge in [-0.05, 0) is 69.6 Å². The van der Waals surface area contributed by atoms with E-state index in [0.717, 1.165) is 12.8 Å². The molecule has 0 spiro atoms. The van der Waals surface area contributed by atoms with Crippen molar-refractivity contribution < 1.29 is 32.8 Å². The number of nitrogens with zero attached hydrogens (tertiary/aromatic N) is 1. The molecule has 1 heterocycles. The Morgan fingerprint density at radius 2 is 1.83 bits per heavy atom. The van der Waals surface area contributed by atoms with Crippen LogP contribution in [0.2, 0.25) is 5.02 Å². The van der Waals surface area contributed by atoms with Crippen molar-refractivity contribution in [1.29, 1.82) is 0 Å². The van der Waals surface area contributed by atoms with Crippen LogP contribution in [0.5, 0.6) is 0 Å². The molecule has 5 amide bonds. The molecule has 3 atom stereocenters. The number of alkyl halides is 2. The Balaban J connectivity index is 1.46. The van der Waals surface area contributed by atoms with Crippen LogP contribution in [0.25, 0.3) is 0 Å². The zero-order valence-electron chi connectivity index (χ0n) is 23.1. The number of halogens is 3. The van der Waals surface area contributed by atoms with E-state index >= 15 is 0 Å². The number of nitrogens with one attached hydrogen (secondary N) is 4. The molecular weight excluding hydrogens is 560 g/mol. The van der Waals surface area contributed by atoms with Crippen LogP contribution in [0.15, 0.2) is 18.2 Å². The lowest BCUT2D eigenvalue weighted by Gasteiger charge is -2.31. The van der Waals surface area contributed by atoms with Crippen molar-refractivity contribution >= 4 is 46.8 Å². The second kappa shape index (κ2) is 12.7. The van der Waals surface area contributed by atoms with Crippen LogP contribution in [-0.4, -0.2) is 72.1 Å². The minimum Gasteiger partial charge on any atom is -0.353 e. The second-order valence-electron chi connectivity index (χ2n) is 11.5. The highest BCUT2D eigenvalue weighted by Gasteiger charge is 2.38. The third-order valence-electron chi connectivity index (χ3n) is 7.86. The number of anilines is 1. The first-order valence-corrected chi connectivity index (χ1v) is 14.3. The van der Waals surface area contributed by atoms with Gasteiger partial charge >= 0.3 is 6.03 Å². The molecule has 0 aromatic heterocycles. The van der Waals surface area contributed by atoms with Gasteiger partial charge in [0.2, 0.25) is 17.6 Å². The Labute approximate surface area is 242 Å². The fourth-order valence-electron chi connectivity index (χ4n) is 5.33. The van der Waals surface area contributed by atoms with E-state index in [1.165, 1.54) is 23.1 Å². The summed E-state index contributed by atoms with van der Waals surface area (Å²) in [5.41, 5.74) is 0.0704. The number of ketones is 1. The summed E-state index contributed by atoms with van der Waals surface area (Å²) in [5.74, 6) is -6.01. The van der Waals surface area contributed by atoms with Crippen molar-refractivity contribution in [2.24, 2.45) is 11.8 Å². The minimum absolute atomic E-state index is 0.0406. The molecule has 1 aliphatic heterocycles. The number of carbonyl (C=O) groups is 5. The zero-order chi connectivity index (χ0) is 29.9. The maximum absolute atomic E-state index is 13.5. The lowest BCUT2D eigenvalue weighted by molar-refractivity contribution is -0.139. The molecule has 4 rings (SSSR count). The summed E-state index contributed by atoms with van der Waals surface area (Å²) < 4.78 is 27.0. The van der Waals surface area contributed by atoms with Gasteiger partial charge in [0.15, 0.2) is 0 Å². The molecule has 4 N–H and O–H groups in total. The molecule has 2 aliphatic carbocycles. The van der Waals surface area contributed by atoms with E-state index in [1.807, 2.05) is 6.92 Å². The summed E-state index contributed by atoms with van der Waals surface area (Å²) >= 11 is 6.15. The average Bonchev–Trinajstić information content (AvgIpc) is 3.67. The van der Waals surface area contributed by atoms with E-state index in [2.05, 4.69) is 21.3 Å². The van der Waals surface area contributed by atoms with Gasteiger partial charge in [-0.25, -0.2) is 13.6 Å². The Morgan fingerprint density at radius 3 is 2.44 bits per heavy atom. The van der Waals surface area contributed by atoms with Crippen molar-refractivity contribution in [3.8, 4) is 0 Å². The summed E-state index contributed by atoms with van der Waals surface area (Å²) in [6.07, 6.45) is 2.11. The average molecular weight is 596 g/mol. The summed E-state index contributed by atoms with van der Waals surface area (Å²) in [7, 11) is 1.54. The fourth-order valence-corrected chi connectivity index (χ4v) is 5.50. The van der Waals surface area contributed by atoms with Gasteiger partial charge in [-0.3, -0.25) is 19.2 Å². The number of benzene rings is 1. The van der Waals surface area contributed by atoms with Crippen LogP contribution in [0.3, 0.4) is 0 Å². The highest BCUT2D eigenvalue weighted by atomic mass is 35.5. The maximum Gasteiger partial charge on any atom is 0.321 e. The molecule has 41 heavy (non-hydrogen) atoms. The summed E-state index contributed by atoms with van der Waals surface area (Å²) in [5, 5.41) is 10.9. The van der Waals surface area contributed by atoms with E-state index in [9.17, 15) is 32.8 Å². The molecule has 13 heteroatoms. The van der Waals surface area contributed by atoms with Crippen molar-refractivity contribution in [2.45, 2.75) is 82.3 Å². The molecule has 10 nitrogen and oxygen atoms in total. The van der Waals surface area contributed by atoms with E-state index in [-0.39, 0.29) is 66.0 Å². The van der Waals surface area contributed by atoms with Crippen molar-refractivity contribution in [3.05, 3.63) is 28.8 Å². The van der Waals surface area contributed by atoms with E-state index in [1.54, 1.807) is 7.05 Å². The summed E-state index contributed by atoms with van der Waals surface area (Å²) in [6, 6.07) is 2.24. The fraction of sp³-hybridized carbons (Fsp3) is 0.607. The van der Waals surface area contributed by atoms with Gasteiger partial charge in [0.25, 0.3) is 11.8 Å². The molecule has 1 saturated heterocycles. The predicted molar refractivity (Wildman–Crippen MR) is 148 cm³/mol. The third kappa shape index (κ3) is 8.37. The van der Waals surface area contributed by atoms with Crippen LogP contribution in [0.4, 0.5) is 19.3 Å². The Kier molecular flexibility index (Phi) is 9.51. The van der Waals surface area contributed by atoms with Gasteiger partial charge in [0, 0.05) is 49.5 Å². The number of Topliss-reactive ketones (excluding diaryl/α,β-unsaturated/α-hetero) is 1. The van der Waals surface area contributed by atoms with Gasteiger partial charge < -0.3 is 26.2 Å². The highest BCUT2D eigenvalue weighted by molar-refractivity contribution is 6.38. The minimum atomic E-state index is -2.67. The molecule has 1 aromatic rings. The normalized spacial score (nSPS) is 22.8. The molecule has 0 radical (unpaired) electrons. The van der Waals surface area contributed by atoms with Gasteiger partial charge in [0.1, 0.15) is 0 Å². The van der Waals surface area contributed by atoms with Crippen LogP contribution < -0.4 is 21.3 Å². The number of hydrogen-bond acceptors (Lipinski definition) is 5. The van der Waals surface area contributed by atoms with Gasteiger partial charge in [0.05, 0.1) is 17.3 Å². The monoisotopic (exact) mass is 595 g/mol. The van der Waals surface area contributed by atoms with E-state index in [4.69, 9.17) is 11.6 Å². The summed E-state index contributed by atoms with van der Waals surface area (Å²) in [6.45, 7) is 2.10. The molecule has 1 unspecified atom stereocenters. The van der Waals surface area contributed by atoms with Crippen molar-refractivity contribution in [2.75, 3.05) is 18.9 Å². The summed E-state index contributed by atoms with van der Waals surface area (Å²) in [4.78, 5) is 65.8. The number of urea groups is 1. The number of rotatable bonds is 10. The quantitative estimate of drug-likeness (QED) is 0.307. The van der Waals surface area contributed by atoms with Crippen LogP contribution in [0, 0.1) is 11.8 Å². The third-order valence-corrected chi connectivity index (χ3v) is 8.09. The van der Waals surface area contributed by atoms with Gasteiger partial charge in [-0.2, -0.15) is 0 Å². The molecule has 1 aromatic carbocycles. The van der Waals surface area contributed by atoms with Crippen LogP contribution >= 0.6 is 11.6 Å². The first-order valence-electron chi connectivity index (χ1n) is 14.0. The van der Waals surface area contributed by atoms with Gasteiger partial charge in [-0.15, -0.1) is 0 Å². The largest absolute Gasteiger partial charge is 0.353 e.